The summed E-state index contributed by atoms with van der Waals surface area (Å²) in [6.45, 7) is 1.08. The van der Waals surface area contributed by atoms with Gasteiger partial charge in [-0.25, -0.2) is 0 Å². The molecule has 2 N–H and O–H groups in total. The van der Waals surface area contributed by atoms with Crippen molar-refractivity contribution >= 4 is 17.3 Å². The van der Waals surface area contributed by atoms with E-state index < -0.39 is 0 Å². The maximum Gasteiger partial charge on any atom is 0.0426 e. The van der Waals surface area contributed by atoms with E-state index in [9.17, 15) is 0 Å². The van der Waals surface area contributed by atoms with Crippen molar-refractivity contribution in [1.29, 1.82) is 0 Å². The van der Waals surface area contributed by atoms with Crippen molar-refractivity contribution in [1.82, 2.24) is 0 Å². The molecule has 1 fully saturated rings. The van der Waals surface area contributed by atoms with Gasteiger partial charge < -0.3 is 10.6 Å². The molecule has 2 unspecified atom stereocenters. The van der Waals surface area contributed by atoms with E-state index in [2.05, 4.69) is 17.0 Å². The Morgan fingerprint density at radius 1 is 1.40 bits per heavy atom. The molecule has 2 atom stereocenters. The minimum atomic E-state index is 0.385. The first-order chi connectivity index (χ1) is 7.24. The number of piperidine rings is 1. The fraction of sp³-hybridized carbons (Fsp3) is 0.500. The van der Waals surface area contributed by atoms with E-state index >= 15 is 0 Å². The molecule has 3 heteroatoms. The van der Waals surface area contributed by atoms with Gasteiger partial charge in [0.1, 0.15) is 0 Å². The van der Waals surface area contributed by atoms with Gasteiger partial charge in [0, 0.05) is 29.3 Å². The molecule has 0 aliphatic carbocycles. The van der Waals surface area contributed by atoms with Gasteiger partial charge in [0.2, 0.25) is 0 Å². The summed E-state index contributed by atoms with van der Waals surface area (Å²) in [4.78, 5) is 2.48. The van der Waals surface area contributed by atoms with Crippen LogP contribution in [0.4, 0.5) is 5.69 Å². The topological polar surface area (TPSA) is 29.3 Å². The van der Waals surface area contributed by atoms with Crippen molar-refractivity contribution in [2.75, 3.05) is 11.4 Å². The average Bonchev–Trinajstić information content (AvgIpc) is 2.54. The van der Waals surface area contributed by atoms with Crippen LogP contribution in [0.15, 0.2) is 18.2 Å². The lowest BCUT2D eigenvalue weighted by atomic mass is 9.97. The van der Waals surface area contributed by atoms with Crippen LogP contribution >= 0.6 is 11.6 Å². The van der Waals surface area contributed by atoms with E-state index in [-0.39, 0.29) is 0 Å². The Balaban J connectivity index is 1.96. The lowest BCUT2D eigenvalue weighted by molar-refractivity contribution is 0.425. The van der Waals surface area contributed by atoms with Crippen LogP contribution in [0, 0.1) is 0 Å². The zero-order valence-corrected chi connectivity index (χ0v) is 9.37. The molecule has 0 aromatic heterocycles. The van der Waals surface area contributed by atoms with Gasteiger partial charge in [0.05, 0.1) is 0 Å². The first kappa shape index (κ1) is 9.49. The molecule has 0 amide bonds. The van der Waals surface area contributed by atoms with Gasteiger partial charge in [0.15, 0.2) is 0 Å². The SMILES string of the molecule is NC1CCN2c3cc(Cl)ccc3CC2C1. The monoisotopic (exact) mass is 222 g/mol. The molecule has 1 saturated heterocycles. The van der Waals surface area contributed by atoms with Crippen LogP contribution in [0.1, 0.15) is 18.4 Å². The highest BCUT2D eigenvalue weighted by molar-refractivity contribution is 6.30. The minimum Gasteiger partial charge on any atom is -0.368 e. The average molecular weight is 223 g/mol. The van der Waals surface area contributed by atoms with E-state index in [4.69, 9.17) is 17.3 Å². The van der Waals surface area contributed by atoms with E-state index in [0.29, 0.717) is 12.1 Å². The van der Waals surface area contributed by atoms with E-state index in [1.807, 2.05) is 6.07 Å². The minimum absolute atomic E-state index is 0.385. The maximum absolute atomic E-state index is 6.03. The predicted molar refractivity (Wildman–Crippen MR) is 63.5 cm³/mol. The number of benzene rings is 1. The summed E-state index contributed by atoms with van der Waals surface area (Å²) in [6.07, 6.45) is 3.36. The van der Waals surface area contributed by atoms with Crippen molar-refractivity contribution < 1.29 is 0 Å². The molecule has 2 heterocycles. The van der Waals surface area contributed by atoms with Crippen LogP contribution in [0.2, 0.25) is 5.02 Å². The molecular formula is C12H15ClN2. The van der Waals surface area contributed by atoms with Gasteiger partial charge in [-0.15, -0.1) is 0 Å². The molecule has 80 valence electrons. The highest BCUT2D eigenvalue weighted by Gasteiger charge is 2.33. The number of nitrogens with zero attached hydrogens (tertiary/aromatic N) is 1. The molecule has 0 spiro atoms. The maximum atomic E-state index is 6.03. The number of hydrogen-bond donors (Lipinski definition) is 1. The molecule has 0 radical (unpaired) electrons. The summed E-state index contributed by atoms with van der Waals surface area (Å²) in [7, 11) is 0. The summed E-state index contributed by atoms with van der Waals surface area (Å²) in [5, 5.41) is 0.837. The number of fused-ring (bicyclic) bond motifs is 3. The number of nitrogens with two attached hydrogens (primary N) is 1. The lowest BCUT2D eigenvalue weighted by Crippen LogP contribution is -2.45. The first-order valence-electron chi connectivity index (χ1n) is 5.54. The first-order valence-corrected chi connectivity index (χ1v) is 5.92. The van der Waals surface area contributed by atoms with Crippen LogP contribution < -0.4 is 10.6 Å². The van der Waals surface area contributed by atoms with E-state index in [0.717, 1.165) is 30.8 Å². The molecular weight excluding hydrogens is 208 g/mol. The largest absolute Gasteiger partial charge is 0.368 e. The number of halogens is 1. The van der Waals surface area contributed by atoms with E-state index in [1.165, 1.54) is 11.3 Å². The van der Waals surface area contributed by atoms with Gasteiger partial charge in [-0.05, 0) is 37.0 Å². The highest BCUT2D eigenvalue weighted by atomic mass is 35.5. The number of anilines is 1. The summed E-state index contributed by atoms with van der Waals surface area (Å²) in [5.74, 6) is 0. The zero-order valence-electron chi connectivity index (χ0n) is 8.62. The Bertz CT molecular complexity index is 391. The molecule has 2 nitrogen and oxygen atoms in total. The highest BCUT2D eigenvalue weighted by Crippen LogP contribution is 2.37. The molecule has 1 aromatic rings. The third-order valence-corrected chi connectivity index (χ3v) is 3.80. The fourth-order valence-corrected chi connectivity index (χ4v) is 2.99. The molecule has 1 aromatic carbocycles. The molecule has 15 heavy (non-hydrogen) atoms. The smallest absolute Gasteiger partial charge is 0.0426 e. The standard InChI is InChI=1S/C12H15ClN2/c13-9-2-1-8-5-11-7-10(14)3-4-15(11)12(8)6-9/h1-2,6,10-11H,3-5,7,14H2. The Labute approximate surface area is 95.0 Å². The van der Waals surface area contributed by atoms with Gasteiger partial charge in [0.25, 0.3) is 0 Å². The van der Waals surface area contributed by atoms with Crippen LogP contribution in [0.3, 0.4) is 0 Å². The Kier molecular flexibility index (Phi) is 2.15. The van der Waals surface area contributed by atoms with Crippen molar-refractivity contribution in [2.45, 2.75) is 31.3 Å². The zero-order chi connectivity index (χ0) is 10.4. The van der Waals surface area contributed by atoms with Crippen LogP contribution in [-0.2, 0) is 6.42 Å². The molecule has 0 bridgehead atoms. The van der Waals surface area contributed by atoms with Gasteiger partial charge in [-0.2, -0.15) is 0 Å². The molecule has 2 aliphatic rings. The molecule has 2 aliphatic heterocycles. The normalized spacial score (nSPS) is 28.8. The van der Waals surface area contributed by atoms with Crippen molar-refractivity contribution in [2.24, 2.45) is 5.73 Å². The fourth-order valence-electron chi connectivity index (χ4n) is 2.82. The quantitative estimate of drug-likeness (QED) is 0.729. The lowest BCUT2D eigenvalue weighted by Gasteiger charge is -2.35. The van der Waals surface area contributed by atoms with Gasteiger partial charge >= 0.3 is 0 Å². The predicted octanol–water partition coefficient (Wildman–Crippen LogP) is 2.19. The Morgan fingerprint density at radius 2 is 2.27 bits per heavy atom. The van der Waals surface area contributed by atoms with Gasteiger partial charge in [-0.3, -0.25) is 0 Å². The second kappa shape index (κ2) is 3.39. The molecule has 3 rings (SSSR count). The molecule has 0 saturated carbocycles. The van der Waals surface area contributed by atoms with Crippen molar-refractivity contribution in [3.63, 3.8) is 0 Å². The second-order valence-corrected chi connectivity index (χ2v) is 5.05. The third-order valence-electron chi connectivity index (χ3n) is 3.57. The Hall–Kier alpha value is -0.730. The third kappa shape index (κ3) is 1.52. The number of rotatable bonds is 0. The van der Waals surface area contributed by atoms with Crippen molar-refractivity contribution in [3.05, 3.63) is 28.8 Å². The van der Waals surface area contributed by atoms with Crippen LogP contribution in [0.5, 0.6) is 0 Å². The van der Waals surface area contributed by atoms with Crippen LogP contribution in [-0.4, -0.2) is 18.6 Å². The van der Waals surface area contributed by atoms with Gasteiger partial charge in [-0.1, -0.05) is 17.7 Å². The van der Waals surface area contributed by atoms with Crippen LogP contribution in [0.25, 0.3) is 0 Å². The summed E-state index contributed by atoms with van der Waals surface area (Å²) >= 11 is 6.03. The Morgan fingerprint density at radius 3 is 3.13 bits per heavy atom. The summed E-state index contributed by atoms with van der Waals surface area (Å²) in [6, 6.07) is 7.23. The summed E-state index contributed by atoms with van der Waals surface area (Å²) in [5.41, 5.74) is 8.76. The van der Waals surface area contributed by atoms with E-state index in [1.54, 1.807) is 0 Å². The van der Waals surface area contributed by atoms with Crippen molar-refractivity contribution in [3.8, 4) is 0 Å². The summed E-state index contributed by atoms with van der Waals surface area (Å²) < 4.78 is 0. The number of hydrogen-bond acceptors (Lipinski definition) is 2. The second-order valence-electron chi connectivity index (χ2n) is 4.61.